The van der Waals surface area contributed by atoms with Crippen molar-refractivity contribution in [3.8, 4) is 6.07 Å². The summed E-state index contributed by atoms with van der Waals surface area (Å²) in [6.07, 6.45) is 0. The molecule has 5 heteroatoms. The number of nitriles is 1. The van der Waals surface area contributed by atoms with Gasteiger partial charge in [0.1, 0.15) is 6.04 Å². The molecule has 1 unspecified atom stereocenters. The molecule has 1 aliphatic heterocycles. The summed E-state index contributed by atoms with van der Waals surface area (Å²) in [6, 6.07) is 29.2. The molecule has 1 saturated heterocycles. The van der Waals surface area contributed by atoms with Gasteiger partial charge in [-0.15, -0.1) is 0 Å². The van der Waals surface area contributed by atoms with E-state index in [2.05, 4.69) is 21.2 Å². The van der Waals surface area contributed by atoms with Crippen molar-refractivity contribution >= 4 is 11.6 Å². The fraction of sp³-hybridized carbons (Fsp3) is 0.231. The maximum Gasteiger partial charge on any atom is 0.246 e. The van der Waals surface area contributed by atoms with E-state index >= 15 is 0 Å². The summed E-state index contributed by atoms with van der Waals surface area (Å²) in [7, 11) is 0. The van der Waals surface area contributed by atoms with Gasteiger partial charge in [0.05, 0.1) is 11.6 Å². The standard InChI is InChI=1S/C26H26N4O/c27-19-21-11-13-22(14-12-21)20-29-15-17-30(18-16-29)25(23-7-3-1-4-8-23)26(31)28-24-9-5-2-6-10-24/h1-14,25H,15-18,20H2,(H,28,31). The predicted octanol–water partition coefficient (Wildman–Crippen LogP) is 4.06. The highest BCUT2D eigenvalue weighted by Crippen LogP contribution is 2.25. The average Bonchev–Trinajstić information content (AvgIpc) is 2.82. The number of anilines is 1. The Morgan fingerprint density at radius 3 is 2.10 bits per heavy atom. The molecule has 1 atom stereocenters. The first-order valence-corrected chi connectivity index (χ1v) is 10.6. The molecule has 0 radical (unpaired) electrons. The second-order valence-electron chi connectivity index (χ2n) is 7.79. The normalized spacial score (nSPS) is 15.7. The van der Waals surface area contributed by atoms with Crippen molar-refractivity contribution in [3.05, 3.63) is 102 Å². The van der Waals surface area contributed by atoms with E-state index in [1.807, 2.05) is 84.9 Å². The zero-order valence-corrected chi connectivity index (χ0v) is 17.4. The van der Waals surface area contributed by atoms with E-state index < -0.39 is 0 Å². The fourth-order valence-electron chi connectivity index (χ4n) is 4.02. The van der Waals surface area contributed by atoms with Gasteiger partial charge in [-0.3, -0.25) is 14.6 Å². The number of carbonyl (C=O) groups excluding carboxylic acids is 1. The molecule has 0 saturated carbocycles. The van der Waals surface area contributed by atoms with Crippen LogP contribution in [0.3, 0.4) is 0 Å². The van der Waals surface area contributed by atoms with Gasteiger partial charge in [-0.1, -0.05) is 60.7 Å². The van der Waals surface area contributed by atoms with Crippen LogP contribution in [-0.4, -0.2) is 41.9 Å². The Labute approximate surface area is 183 Å². The highest BCUT2D eigenvalue weighted by molar-refractivity contribution is 5.95. The van der Waals surface area contributed by atoms with Crippen molar-refractivity contribution in [2.75, 3.05) is 31.5 Å². The van der Waals surface area contributed by atoms with Crippen LogP contribution < -0.4 is 5.32 Å². The number of nitrogens with one attached hydrogen (secondary N) is 1. The zero-order valence-electron chi connectivity index (χ0n) is 17.4. The van der Waals surface area contributed by atoms with Gasteiger partial charge >= 0.3 is 0 Å². The van der Waals surface area contributed by atoms with E-state index in [1.165, 1.54) is 5.56 Å². The molecule has 1 N–H and O–H groups in total. The molecule has 1 heterocycles. The number of carbonyl (C=O) groups is 1. The fourth-order valence-corrected chi connectivity index (χ4v) is 4.02. The van der Waals surface area contributed by atoms with Gasteiger partial charge in [0.15, 0.2) is 0 Å². The summed E-state index contributed by atoms with van der Waals surface area (Å²) in [5.41, 5.74) is 3.71. The Bertz CT molecular complexity index is 1020. The van der Waals surface area contributed by atoms with Crippen LogP contribution in [0.15, 0.2) is 84.9 Å². The first-order chi connectivity index (χ1) is 15.2. The highest BCUT2D eigenvalue weighted by atomic mass is 16.2. The lowest BCUT2D eigenvalue weighted by Gasteiger charge is -2.38. The van der Waals surface area contributed by atoms with E-state index in [9.17, 15) is 4.79 Å². The summed E-state index contributed by atoms with van der Waals surface area (Å²) in [5.74, 6) is -0.00191. The highest BCUT2D eigenvalue weighted by Gasteiger charge is 2.30. The lowest BCUT2D eigenvalue weighted by Crippen LogP contribution is -2.49. The van der Waals surface area contributed by atoms with E-state index in [0.717, 1.165) is 44.0 Å². The number of nitrogens with zero attached hydrogens (tertiary/aromatic N) is 3. The topological polar surface area (TPSA) is 59.4 Å². The summed E-state index contributed by atoms with van der Waals surface area (Å²) in [4.78, 5) is 17.9. The lowest BCUT2D eigenvalue weighted by atomic mass is 10.0. The second-order valence-corrected chi connectivity index (χ2v) is 7.79. The van der Waals surface area contributed by atoms with Crippen LogP contribution >= 0.6 is 0 Å². The summed E-state index contributed by atoms with van der Waals surface area (Å²) < 4.78 is 0. The number of amides is 1. The number of para-hydroxylation sites is 1. The lowest BCUT2D eigenvalue weighted by molar-refractivity contribution is -0.122. The molecule has 4 rings (SSSR count). The molecule has 0 aliphatic carbocycles. The summed E-state index contributed by atoms with van der Waals surface area (Å²) in [5, 5.41) is 12.0. The molecule has 3 aromatic rings. The third kappa shape index (κ3) is 5.37. The van der Waals surface area contributed by atoms with Crippen molar-refractivity contribution < 1.29 is 4.79 Å². The van der Waals surface area contributed by atoms with Gasteiger partial charge in [-0.2, -0.15) is 5.26 Å². The quantitative estimate of drug-likeness (QED) is 0.666. The van der Waals surface area contributed by atoms with Gasteiger partial charge in [0.2, 0.25) is 5.91 Å². The Morgan fingerprint density at radius 2 is 1.48 bits per heavy atom. The summed E-state index contributed by atoms with van der Waals surface area (Å²) >= 11 is 0. The van der Waals surface area contributed by atoms with E-state index in [4.69, 9.17) is 5.26 Å². The molecule has 5 nitrogen and oxygen atoms in total. The Hall–Kier alpha value is -3.46. The molecule has 1 amide bonds. The number of hydrogen-bond acceptors (Lipinski definition) is 4. The van der Waals surface area contributed by atoms with Crippen molar-refractivity contribution in [1.29, 1.82) is 5.26 Å². The molecule has 3 aromatic carbocycles. The number of hydrogen-bond donors (Lipinski definition) is 1. The second kappa shape index (κ2) is 10.0. The van der Waals surface area contributed by atoms with Gasteiger partial charge in [0.25, 0.3) is 0 Å². The van der Waals surface area contributed by atoms with Gasteiger partial charge in [0, 0.05) is 38.4 Å². The van der Waals surface area contributed by atoms with Crippen molar-refractivity contribution in [2.24, 2.45) is 0 Å². The Kier molecular flexibility index (Phi) is 6.73. The first kappa shape index (κ1) is 20.8. The van der Waals surface area contributed by atoms with E-state index in [1.54, 1.807) is 0 Å². The molecule has 156 valence electrons. The van der Waals surface area contributed by atoms with Crippen LogP contribution in [0.4, 0.5) is 5.69 Å². The van der Waals surface area contributed by atoms with Crippen molar-refractivity contribution in [2.45, 2.75) is 12.6 Å². The largest absolute Gasteiger partial charge is 0.324 e. The maximum atomic E-state index is 13.3. The molecule has 31 heavy (non-hydrogen) atoms. The van der Waals surface area contributed by atoms with Crippen LogP contribution in [0, 0.1) is 11.3 Å². The predicted molar refractivity (Wildman–Crippen MR) is 122 cm³/mol. The van der Waals surface area contributed by atoms with Gasteiger partial charge in [-0.05, 0) is 35.4 Å². The monoisotopic (exact) mass is 410 g/mol. The van der Waals surface area contributed by atoms with Crippen molar-refractivity contribution in [3.63, 3.8) is 0 Å². The van der Waals surface area contributed by atoms with Crippen LogP contribution in [0.1, 0.15) is 22.7 Å². The third-order valence-corrected chi connectivity index (χ3v) is 5.67. The van der Waals surface area contributed by atoms with Gasteiger partial charge < -0.3 is 5.32 Å². The van der Waals surface area contributed by atoms with Gasteiger partial charge in [-0.25, -0.2) is 0 Å². The third-order valence-electron chi connectivity index (χ3n) is 5.67. The van der Waals surface area contributed by atoms with E-state index in [0.29, 0.717) is 5.56 Å². The molecule has 0 bridgehead atoms. The minimum Gasteiger partial charge on any atom is -0.324 e. The molecule has 0 spiro atoms. The molecule has 1 fully saturated rings. The molecular formula is C26H26N4O. The minimum absolute atomic E-state index is 0.00191. The van der Waals surface area contributed by atoms with Crippen LogP contribution in [0.2, 0.25) is 0 Å². The van der Waals surface area contributed by atoms with Crippen LogP contribution in [0.25, 0.3) is 0 Å². The number of rotatable bonds is 6. The molecule has 1 aliphatic rings. The first-order valence-electron chi connectivity index (χ1n) is 10.6. The summed E-state index contributed by atoms with van der Waals surface area (Å²) in [6.45, 7) is 4.27. The smallest absolute Gasteiger partial charge is 0.246 e. The Balaban J connectivity index is 1.43. The zero-order chi connectivity index (χ0) is 21.5. The number of piperazine rings is 1. The maximum absolute atomic E-state index is 13.3. The van der Waals surface area contributed by atoms with E-state index in [-0.39, 0.29) is 11.9 Å². The van der Waals surface area contributed by atoms with Crippen LogP contribution in [0.5, 0.6) is 0 Å². The average molecular weight is 411 g/mol. The molecular weight excluding hydrogens is 384 g/mol. The molecule has 0 aromatic heterocycles. The minimum atomic E-state index is -0.321. The van der Waals surface area contributed by atoms with Crippen LogP contribution in [-0.2, 0) is 11.3 Å². The SMILES string of the molecule is N#Cc1ccc(CN2CCN(C(C(=O)Nc3ccccc3)c3ccccc3)CC2)cc1. The Morgan fingerprint density at radius 1 is 0.871 bits per heavy atom. The number of benzene rings is 3. The van der Waals surface area contributed by atoms with Crippen molar-refractivity contribution in [1.82, 2.24) is 9.80 Å².